The molecule has 8 nitrogen and oxygen atoms in total. The van der Waals surface area contributed by atoms with Crippen molar-refractivity contribution >= 4 is 23.3 Å². The lowest BCUT2D eigenvalue weighted by Crippen LogP contribution is -2.34. The Labute approximate surface area is 247 Å². The zero-order chi connectivity index (χ0) is 30.0. The van der Waals surface area contributed by atoms with Crippen LogP contribution >= 0.6 is 0 Å². The average Bonchev–Trinajstić information content (AvgIpc) is 3.53. The van der Waals surface area contributed by atoms with Gasteiger partial charge >= 0.3 is 6.03 Å². The Balaban J connectivity index is 1.46. The van der Waals surface area contributed by atoms with Crippen molar-refractivity contribution < 1.29 is 14.0 Å². The number of ketones is 1. The number of carbonyl (C=O) groups is 2. The Hall–Kier alpha value is -4.17. The van der Waals surface area contributed by atoms with Gasteiger partial charge in [0, 0.05) is 17.2 Å². The molecule has 0 spiro atoms. The summed E-state index contributed by atoms with van der Waals surface area (Å²) in [5.41, 5.74) is 4.99. The van der Waals surface area contributed by atoms with Crippen molar-refractivity contribution in [1.82, 2.24) is 15.1 Å². The number of urea groups is 1. The third kappa shape index (κ3) is 6.34. The molecule has 0 radical (unpaired) electrons. The van der Waals surface area contributed by atoms with Crippen molar-refractivity contribution in [2.45, 2.75) is 65.7 Å². The van der Waals surface area contributed by atoms with Crippen molar-refractivity contribution in [3.8, 4) is 5.69 Å². The standard InChI is InChI=1S/C34H41N5O3/c1-21-11-13-25(14-12-21)39-30(20-29(38-39)34(4,5)6)37-33(41)36-27-10-8-7-9-26(27)31(24-15-17-35-18-16-24)32(40)28-19-22(2)23(3)42-28/h7-14,19-20,24,31,35H,15-18H2,1-6H3,(H2,36,37,41). The molecule has 2 aromatic carbocycles. The van der Waals surface area contributed by atoms with E-state index in [0.29, 0.717) is 17.3 Å². The smallest absolute Gasteiger partial charge is 0.324 e. The number of amides is 2. The van der Waals surface area contributed by atoms with Crippen LogP contribution in [-0.4, -0.2) is 34.7 Å². The van der Waals surface area contributed by atoms with Crippen LogP contribution in [0.2, 0.25) is 0 Å². The normalized spacial score (nSPS) is 14.9. The van der Waals surface area contributed by atoms with Gasteiger partial charge in [-0.2, -0.15) is 5.10 Å². The Kier molecular flexibility index (Phi) is 8.36. The van der Waals surface area contributed by atoms with E-state index in [0.717, 1.165) is 59.8 Å². The molecule has 4 aromatic rings. The third-order valence-electron chi connectivity index (χ3n) is 8.09. The first-order valence-electron chi connectivity index (χ1n) is 14.7. The summed E-state index contributed by atoms with van der Waals surface area (Å²) in [7, 11) is 0. The van der Waals surface area contributed by atoms with Crippen molar-refractivity contribution in [3.05, 3.63) is 94.6 Å². The molecule has 1 unspecified atom stereocenters. The number of Topliss-reactive ketones (excluding diaryl/α,β-unsaturated/α-hetero) is 1. The number of para-hydroxylation sites is 1. The SMILES string of the molecule is Cc1ccc(-n2nc(C(C)(C)C)cc2NC(=O)Nc2ccccc2C(C(=O)c2cc(C)c(C)o2)C2CCNCC2)cc1. The summed E-state index contributed by atoms with van der Waals surface area (Å²) in [5, 5.41) is 14.3. The van der Waals surface area contributed by atoms with Crippen LogP contribution in [0.1, 0.15) is 78.2 Å². The number of benzene rings is 2. The molecule has 0 aliphatic carbocycles. The van der Waals surface area contributed by atoms with Gasteiger partial charge in [-0.1, -0.05) is 56.7 Å². The van der Waals surface area contributed by atoms with Crippen LogP contribution in [0.5, 0.6) is 0 Å². The van der Waals surface area contributed by atoms with Crippen molar-refractivity contribution in [1.29, 1.82) is 0 Å². The number of aryl methyl sites for hydroxylation is 3. The summed E-state index contributed by atoms with van der Waals surface area (Å²) >= 11 is 0. The predicted octanol–water partition coefficient (Wildman–Crippen LogP) is 7.30. The number of nitrogens with zero attached hydrogens (tertiary/aromatic N) is 2. The van der Waals surface area contributed by atoms with Gasteiger partial charge in [-0.3, -0.25) is 10.1 Å². The first kappa shape index (κ1) is 29.3. The summed E-state index contributed by atoms with van der Waals surface area (Å²) in [6.45, 7) is 13.8. The lowest BCUT2D eigenvalue weighted by molar-refractivity contribution is 0.0887. The molecule has 2 amide bonds. The van der Waals surface area contributed by atoms with Crippen LogP contribution in [0.4, 0.5) is 16.3 Å². The number of piperidine rings is 1. The fraction of sp³-hybridized carbons (Fsp3) is 0.382. The first-order valence-corrected chi connectivity index (χ1v) is 14.7. The summed E-state index contributed by atoms with van der Waals surface area (Å²) in [5.74, 6) is 1.29. The molecule has 0 bridgehead atoms. The van der Waals surface area contributed by atoms with Crippen LogP contribution in [0, 0.1) is 26.7 Å². The van der Waals surface area contributed by atoms with Gasteiger partial charge < -0.3 is 15.1 Å². The minimum absolute atomic E-state index is 0.0555. The Bertz CT molecular complexity index is 1550. The highest BCUT2D eigenvalue weighted by Gasteiger charge is 2.35. The monoisotopic (exact) mass is 567 g/mol. The van der Waals surface area contributed by atoms with Gasteiger partial charge in [0.05, 0.1) is 17.3 Å². The topological polar surface area (TPSA) is 101 Å². The molecule has 3 heterocycles. The van der Waals surface area contributed by atoms with E-state index in [4.69, 9.17) is 9.52 Å². The van der Waals surface area contributed by atoms with E-state index in [-0.39, 0.29) is 17.1 Å². The van der Waals surface area contributed by atoms with E-state index < -0.39 is 11.9 Å². The first-order chi connectivity index (χ1) is 20.0. The van der Waals surface area contributed by atoms with E-state index in [1.807, 2.05) is 81.4 Å². The molecule has 42 heavy (non-hydrogen) atoms. The number of furan rings is 1. The van der Waals surface area contributed by atoms with Gasteiger partial charge in [0.25, 0.3) is 0 Å². The molecule has 5 rings (SSSR count). The number of hydrogen-bond donors (Lipinski definition) is 3. The van der Waals surface area contributed by atoms with E-state index in [9.17, 15) is 9.59 Å². The van der Waals surface area contributed by atoms with Gasteiger partial charge in [0.1, 0.15) is 11.6 Å². The lowest BCUT2D eigenvalue weighted by atomic mass is 9.76. The zero-order valence-corrected chi connectivity index (χ0v) is 25.4. The molecule has 220 valence electrons. The quantitative estimate of drug-likeness (QED) is 0.204. The highest BCUT2D eigenvalue weighted by atomic mass is 16.3. The molecule has 1 saturated heterocycles. The zero-order valence-electron chi connectivity index (χ0n) is 25.4. The highest BCUT2D eigenvalue weighted by Crippen LogP contribution is 2.38. The lowest BCUT2D eigenvalue weighted by Gasteiger charge is -2.31. The Morgan fingerprint density at radius 1 is 0.976 bits per heavy atom. The van der Waals surface area contributed by atoms with Crippen molar-refractivity contribution in [2.24, 2.45) is 5.92 Å². The largest absolute Gasteiger partial charge is 0.458 e. The van der Waals surface area contributed by atoms with E-state index in [2.05, 4.69) is 36.7 Å². The summed E-state index contributed by atoms with van der Waals surface area (Å²) in [4.78, 5) is 27.5. The van der Waals surface area contributed by atoms with Crippen LogP contribution < -0.4 is 16.0 Å². The Morgan fingerprint density at radius 3 is 2.31 bits per heavy atom. The number of hydrogen-bond acceptors (Lipinski definition) is 5. The molecular weight excluding hydrogens is 526 g/mol. The van der Waals surface area contributed by atoms with Crippen molar-refractivity contribution in [3.63, 3.8) is 0 Å². The van der Waals surface area contributed by atoms with Gasteiger partial charge in [-0.05, 0) is 88.0 Å². The number of carbonyl (C=O) groups excluding carboxylic acids is 2. The molecular formula is C34H41N5O3. The van der Waals surface area contributed by atoms with Crippen LogP contribution in [0.3, 0.4) is 0 Å². The summed E-state index contributed by atoms with van der Waals surface area (Å²) in [6.07, 6.45) is 1.72. The minimum atomic E-state index is -0.445. The van der Waals surface area contributed by atoms with Gasteiger partial charge in [-0.15, -0.1) is 0 Å². The predicted molar refractivity (Wildman–Crippen MR) is 167 cm³/mol. The second-order valence-electron chi connectivity index (χ2n) is 12.4. The Morgan fingerprint density at radius 2 is 1.67 bits per heavy atom. The molecule has 1 aliphatic rings. The fourth-order valence-corrected chi connectivity index (χ4v) is 5.51. The highest BCUT2D eigenvalue weighted by molar-refractivity contribution is 6.03. The van der Waals surface area contributed by atoms with Gasteiger partial charge in [0.2, 0.25) is 5.78 Å². The van der Waals surface area contributed by atoms with Gasteiger partial charge in [0.15, 0.2) is 5.76 Å². The van der Waals surface area contributed by atoms with Crippen LogP contribution in [0.25, 0.3) is 5.69 Å². The maximum atomic E-state index is 14.0. The van der Waals surface area contributed by atoms with Crippen molar-refractivity contribution in [2.75, 3.05) is 23.7 Å². The summed E-state index contributed by atoms with van der Waals surface area (Å²) < 4.78 is 7.65. The number of aromatic nitrogens is 2. The van der Waals surface area contributed by atoms with E-state index >= 15 is 0 Å². The number of anilines is 2. The molecule has 1 atom stereocenters. The molecule has 1 fully saturated rings. The molecule has 3 N–H and O–H groups in total. The minimum Gasteiger partial charge on any atom is -0.458 e. The molecule has 1 aliphatic heterocycles. The summed E-state index contributed by atoms with van der Waals surface area (Å²) in [6, 6.07) is 18.9. The second kappa shape index (κ2) is 12.0. The molecule has 2 aromatic heterocycles. The van der Waals surface area contributed by atoms with Crippen LogP contribution in [-0.2, 0) is 5.41 Å². The number of nitrogens with one attached hydrogen (secondary N) is 3. The van der Waals surface area contributed by atoms with Gasteiger partial charge in [-0.25, -0.2) is 9.48 Å². The van der Waals surface area contributed by atoms with E-state index in [1.54, 1.807) is 4.68 Å². The molecule has 8 heteroatoms. The maximum Gasteiger partial charge on any atom is 0.324 e. The number of rotatable bonds is 7. The maximum absolute atomic E-state index is 14.0. The average molecular weight is 568 g/mol. The third-order valence-corrected chi connectivity index (χ3v) is 8.09. The van der Waals surface area contributed by atoms with Crippen LogP contribution in [0.15, 0.2) is 65.1 Å². The fourth-order valence-electron chi connectivity index (χ4n) is 5.51. The second-order valence-corrected chi connectivity index (χ2v) is 12.4. The molecule has 0 saturated carbocycles. The van der Waals surface area contributed by atoms with E-state index in [1.165, 1.54) is 0 Å².